The summed E-state index contributed by atoms with van der Waals surface area (Å²) in [6.45, 7) is 13.1. The first-order valence-electron chi connectivity index (χ1n) is 33.0. The van der Waals surface area contributed by atoms with Gasteiger partial charge in [-0.05, 0) is 106 Å². The summed E-state index contributed by atoms with van der Waals surface area (Å²) in [6.07, 6.45) is 3.52. The van der Waals surface area contributed by atoms with E-state index >= 15 is 0 Å². The summed E-state index contributed by atoms with van der Waals surface area (Å²) >= 11 is 13.5. The zero-order chi connectivity index (χ0) is 76.4. The highest BCUT2D eigenvalue weighted by atomic mass is 35.5. The van der Waals surface area contributed by atoms with Crippen LogP contribution in [0.1, 0.15) is 97.9 Å². The molecule has 0 spiro atoms. The van der Waals surface area contributed by atoms with E-state index in [-0.39, 0.29) is 49.4 Å². The average molecular weight is 1490 g/mol. The van der Waals surface area contributed by atoms with Crippen LogP contribution < -0.4 is 64.2 Å². The van der Waals surface area contributed by atoms with E-state index in [4.69, 9.17) is 39.4 Å². The number of primary amides is 2. The van der Waals surface area contributed by atoms with Crippen LogP contribution in [0.5, 0.6) is 0 Å². The largest absolute Gasteiger partial charge is 0.444 e. The van der Waals surface area contributed by atoms with Crippen LogP contribution in [0.2, 0.25) is 0 Å². The molecule has 103 heavy (non-hydrogen) atoms. The number of hydrogen-bond donors (Lipinski definition) is 12. The molecule has 560 valence electrons. The number of para-hydroxylation sites is 1. The lowest BCUT2D eigenvalue weighted by molar-refractivity contribution is -0.394. The predicted molar refractivity (Wildman–Crippen MR) is 387 cm³/mol. The van der Waals surface area contributed by atoms with Crippen molar-refractivity contribution in [3.8, 4) is 5.69 Å². The lowest BCUT2D eigenvalue weighted by atomic mass is 10.0. The molecule has 14 N–H and O–H groups in total. The van der Waals surface area contributed by atoms with Crippen molar-refractivity contribution in [2.24, 2.45) is 23.3 Å². The highest BCUT2D eigenvalue weighted by Gasteiger charge is 2.36. The smallest absolute Gasteiger partial charge is 0.408 e. The summed E-state index contributed by atoms with van der Waals surface area (Å²) < 4.78 is 6.66. The van der Waals surface area contributed by atoms with Crippen molar-refractivity contribution in [2.75, 3.05) is 48.3 Å². The Labute approximate surface area is 609 Å². The number of aromatic amines is 1. The molecule has 5 aromatic rings. The number of rotatable bonds is 41. The number of nitro groups is 2. The molecule has 0 aliphatic carbocycles. The molecule has 3 aromatic carbocycles. The summed E-state index contributed by atoms with van der Waals surface area (Å²) in [7, 11) is 0. The lowest BCUT2D eigenvalue weighted by Gasteiger charge is -2.27. The number of ether oxygens (including phenoxy) is 1. The summed E-state index contributed by atoms with van der Waals surface area (Å²) in [4.78, 5) is 183. The Hall–Kier alpha value is -10.1. The number of nitrogens with two attached hydrogens (primary N) is 2. The van der Waals surface area contributed by atoms with E-state index in [2.05, 4.69) is 57.8 Å². The summed E-state index contributed by atoms with van der Waals surface area (Å²) in [6, 6.07) is 5.81. The van der Waals surface area contributed by atoms with E-state index in [0.29, 0.717) is 52.6 Å². The fraction of sp³-hybridized carbons (Fsp3) is 0.493. The van der Waals surface area contributed by atoms with Crippen LogP contribution in [-0.2, 0) is 71.9 Å². The Morgan fingerprint density at radius 3 is 1.86 bits per heavy atom. The second-order valence-corrected chi connectivity index (χ2v) is 27.8. The minimum absolute atomic E-state index is 0.0406. The van der Waals surface area contributed by atoms with Gasteiger partial charge in [0, 0.05) is 85.6 Å². The third-order valence-corrected chi connectivity index (χ3v) is 16.9. The number of H-pyrrole nitrogens is 1. The van der Waals surface area contributed by atoms with Crippen LogP contribution >= 0.6 is 35.0 Å². The maximum absolute atomic E-state index is 14.6. The van der Waals surface area contributed by atoms with Crippen molar-refractivity contribution in [3.63, 3.8) is 0 Å². The molecule has 0 saturated heterocycles. The molecule has 2 heterocycles. The van der Waals surface area contributed by atoms with Gasteiger partial charge < -0.3 is 73.9 Å². The van der Waals surface area contributed by atoms with E-state index in [0.717, 1.165) is 30.2 Å². The third kappa shape index (κ3) is 26.7. The number of alkyl carbamates (subject to hydrolysis) is 1. The number of aromatic nitrogens is 3. The van der Waals surface area contributed by atoms with Gasteiger partial charge in [0.2, 0.25) is 59.1 Å². The van der Waals surface area contributed by atoms with E-state index in [1.54, 1.807) is 109 Å². The zero-order valence-corrected chi connectivity index (χ0v) is 61.0. The standard InChI is InChI=1S/C67H91Cl2N17O16S/c1-37(2)28-49(62(93)77-47(58(71)89)22-27-103-9)79-64(95)52(31-42-35-84(36-74-42)53-20-18-44(85(98)99)32-54(53)86(100)101)76-56(88)34-73-65(96)57(38(3)4)82-59(90)39(5)75-61(92)51(30-41-33-72-46-13-11-10-12-45(41)46)80-60(91)48(19-21-55(70)87)78-63(94)50(81-66(97)102-67(6,7)8)29-40-14-16-43(17-15-40)83(25-23-68)26-24-69/h10-18,20,32-33,35-39,47-52,57,72H,19,21-31,34H2,1-9H3,(H2,70,87)(H2,71,89)(H,73,96)(H,75,92)(H,76,88)(H,77,93)(H,78,94)(H,79,95)(H,80,91)(H,81,97)(H,82,90)/t39-,47-,48-,49-,50-,51-,52-,57-/m0/s1. The molecule has 36 heteroatoms. The molecular weight excluding hydrogens is 1400 g/mol. The number of anilines is 1. The van der Waals surface area contributed by atoms with Gasteiger partial charge in [-0.2, -0.15) is 11.8 Å². The van der Waals surface area contributed by atoms with Gasteiger partial charge in [0.25, 0.3) is 11.4 Å². The van der Waals surface area contributed by atoms with Gasteiger partial charge in [-0.3, -0.25) is 72.7 Å². The number of alkyl halides is 2. The number of carbonyl (C=O) groups excluding carboxylic acids is 11. The van der Waals surface area contributed by atoms with Gasteiger partial charge in [-0.1, -0.05) is 58.0 Å². The van der Waals surface area contributed by atoms with Gasteiger partial charge >= 0.3 is 6.09 Å². The number of amides is 11. The lowest BCUT2D eigenvalue weighted by Crippen LogP contribution is -2.60. The highest BCUT2D eigenvalue weighted by molar-refractivity contribution is 7.98. The van der Waals surface area contributed by atoms with Crippen molar-refractivity contribution in [1.82, 2.24) is 62.4 Å². The number of nitrogens with zero attached hydrogens (tertiary/aromatic N) is 5. The molecule has 0 unspecified atom stereocenters. The molecule has 5 rings (SSSR count). The van der Waals surface area contributed by atoms with Gasteiger partial charge in [0.15, 0.2) is 0 Å². The number of non-ortho nitro benzene ring substituents is 1. The number of hydrogen-bond acceptors (Lipinski definition) is 19. The first kappa shape index (κ1) is 83.6. The molecule has 0 aliphatic heterocycles. The second kappa shape index (κ2) is 39.9. The van der Waals surface area contributed by atoms with E-state index in [1.165, 1.54) is 29.4 Å². The predicted octanol–water partition coefficient (Wildman–Crippen LogP) is 3.11. The Bertz CT molecular complexity index is 3820. The number of halogens is 2. The molecule has 0 aliphatic rings. The Morgan fingerprint density at radius 1 is 0.680 bits per heavy atom. The van der Waals surface area contributed by atoms with Crippen LogP contribution in [0, 0.1) is 32.1 Å². The monoisotopic (exact) mass is 1490 g/mol. The van der Waals surface area contributed by atoms with Crippen LogP contribution in [-0.4, -0.2) is 187 Å². The molecule has 0 fully saturated rings. The van der Waals surface area contributed by atoms with E-state index in [9.17, 15) is 73.0 Å². The second-order valence-electron chi connectivity index (χ2n) is 26.0. The molecule has 2 aromatic heterocycles. The molecule has 0 radical (unpaired) electrons. The Morgan fingerprint density at radius 2 is 1.27 bits per heavy atom. The van der Waals surface area contributed by atoms with Gasteiger partial charge in [-0.15, -0.1) is 23.2 Å². The minimum Gasteiger partial charge on any atom is -0.444 e. The fourth-order valence-electron chi connectivity index (χ4n) is 10.6. The van der Waals surface area contributed by atoms with Crippen molar-refractivity contribution in [2.45, 2.75) is 154 Å². The number of imidazole rings is 1. The first-order chi connectivity index (χ1) is 48.6. The number of benzene rings is 3. The van der Waals surface area contributed by atoms with Gasteiger partial charge in [0.1, 0.15) is 59.6 Å². The zero-order valence-electron chi connectivity index (χ0n) is 58.6. The third-order valence-electron chi connectivity index (χ3n) is 15.9. The number of nitrogens with one attached hydrogen (secondary N) is 10. The van der Waals surface area contributed by atoms with Crippen molar-refractivity contribution < 1.29 is 67.3 Å². The Balaban J connectivity index is 1.37. The average Bonchev–Trinajstić information content (AvgIpc) is 1.75. The summed E-state index contributed by atoms with van der Waals surface area (Å²) in [5, 5.41) is 47.5. The maximum Gasteiger partial charge on any atom is 0.408 e. The van der Waals surface area contributed by atoms with Crippen molar-refractivity contribution in [1.29, 1.82) is 0 Å². The number of thioether (sulfide) groups is 1. The van der Waals surface area contributed by atoms with Crippen LogP contribution in [0.4, 0.5) is 21.9 Å². The van der Waals surface area contributed by atoms with E-state index in [1.807, 2.05) is 4.90 Å². The normalized spacial score (nSPS) is 13.7. The fourth-order valence-corrected chi connectivity index (χ4v) is 11.5. The summed E-state index contributed by atoms with van der Waals surface area (Å²) in [5.74, 6) is -8.67. The number of carbonyl (C=O) groups is 11. The molecule has 33 nitrogen and oxygen atoms in total. The molecular formula is C67H91Cl2N17O16S. The number of nitro benzene ring substituents is 2. The molecule has 8 atom stereocenters. The minimum atomic E-state index is -1.60. The van der Waals surface area contributed by atoms with Crippen LogP contribution in [0.25, 0.3) is 16.6 Å². The maximum atomic E-state index is 14.6. The molecule has 11 amide bonds. The quantitative estimate of drug-likeness (QED) is 0.0152. The highest BCUT2D eigenvalue weighted by Crippen LogP contribution is 2.29. The van der Waals surface area contributed by atoms with Gasteiger partial charge in [0.05, 0.1) is 34.5 Å². The van der Waals surface area contributed by atoms with E-state index < -0.39 is 166 Å². The summed E-state index contributed by atoms with van der Waals surface area (Å²) in [5.41, 5.74) is 11.5. The topological polar surface area (TPSA) is 480 Å². The van der Waals surface area contributed by atoms with Gasteiger partial charge in [-0.25, -0.2) is 9.78 Å². The van der Waals surface area contributed by atoms with Crippen LogP contribution in [0.15, 0.2) is 85.5 Å². The van der Waals surface area contributed by atoms with Crippen molar-refractivity contribution >= 4 is 128 Å². The molecule has 0 saturated carbocycles. The first-order valence-corrected chi connectivity index (χ1v) is 35.5. The van der Waals surface area contributed by atoms with Crippen molar-refractivity contribution in [3.05, 3.63) is 123 Å². The SMILES string of the molecule is CSCC[C@H](NC(=O)[C@H](CC(C)C)NC(=O)[C@H](Cc1cn(-c2ccc([N+](=O)[O-])cc2[N+](=O)[O-])cn1)NC(=O)CNC(=O)[C@@H](NC(=O)[C@H](C)NC(=O)[C@H](Cc1c[nH]c2ccccc12)NC(=O)[C@H](CCC(N)=O)NC(=O)[C@H](Cc1ccc(N(CCCl)CCCl)cc1)NC(=O)OC(C)(C)C)C(C)C)C(N)=O. The number of fused-ring (bicyclic) bond motifs is 1. The Kier molecular flexibility index (Phi) is 32.4. The van der Waals surface area contributed by atoms with Crippen LogP contribution in [0.3, 0.4) is 0 Å². The molecule has 0 bridgehead atoms.